The van der Waals surface area contributed by atoms with E-state index in [9.17, 15) is 4.79 Å². The van der Waals surface area contributed by atoms with Crippen LogP contribution in [-0.4, -0.2) is 49.0 Å². The molecule has 2 rings (SSSR count). The van der Waals surface area contributed by atoms with Gasteiger partial charge in [0.1, 0.15) is 0 Å². The van der Waals surface area contributed by atoms with Crippen LogP contribution in [0.1, 0.15) is 13.3 Å². The van der Waals surface area contributed by atoms with Crippen LogP contribution in [0.4, 0.5) is 5.69 Å². The molecule has 1 aromatic rings. The van der Waals surface area contributed by atoms with Gasteiger partial charge in [0.15, 0.2) is 7.98 Å². The lowest BCUT2D eigenvalue weighted by atomic mass is 10.00. The molecule has 5 heteroatoms. The standard InChI is InChI=1S/C13H17BN2O2/c1-10-8-16(14)12(7-13(17)18)9-15(10)11-5-3-2-4-6-11/h2-6,10,12H,7-9H2,1H3,(H,17,18)/t10-,12-/m0/s1. The van der Waals surface area contributed by atoms with Gasteiger partial charge in [-0.05, 0) is 19.1 Å². The van der Waals surface area contributed by atoms with E-state index in [1.165, 1.54) is 0 Å². The molecule has 2 radical (unpaired) electrons. The molecule has 1 heterocycles. The molecule has 18 heavy (non-hydrogen) atoms. The molecule has 0 aromatic heterocycles. The number of carbonyl (C=O) groups is 1. The van der Waals surface area contributed by atoms with E-state index in [1.807, 2.05) is 30.3 Å². The quantitative estimate of drug-likeness (QED) is 0.809. The summed E-state index contributed by atoms with van der Waals surface area (Å²) < 4.78 is 0. The van der Waals surface area contributed by atoms with Crippen molar-refractivity contribution in [2.75, 3.05) is 18.0 Å². The van der Waals surface area contributed by atoms with Crippen molar-refractivity contribution in [3.05, 3.63) is 30.3 Å². The largest absolute Gasteiger partial charge is 0.481 e. The van der Waals surface area contributed by atoms with E-state index in [2.05, 4.69) is 11.8 Å². The minimum Gasteiger partial charge on any atom is -0.481 e. The maximum Gasteiger partial charge on any atom is 0.304 e. The predicted octanol–water partition coefficient (Wildman–Crippen LogP) is 1.12. The van der Waals surface area contributed by atoms with Crippen LogP contribution < -0.4 is 4.90 Å². The number of rotatable bonds is 3. The Hall–Kier alpha value is -1.49. The first kappa shape index (κ1) is 13.0. The van der Waals surface area contributed by atoms with Gasteiger partial charge < -0.3 is 14.8 Å². The van der Waals surface area contributed by atoms with E-state index in [0.717, 1.165) is 5.69 Å². The number of carboxylic acid groups (broad SMARTS) is 1. The van der Waals surface area contributed by atoms with Gasteiger partial charge in [-0.3, -0.25) is 4.79 Å². The van der Waals surface area contributed by atoms with Gasteiger partial charge in [-0.2, -0.15) is 0 Å². The highest BCUT2D eigenvalue weighted by atomic mass is 16.4. The number of aliphatic carboxylic acids is 1. The smallest absolute Gasteiger partial charge is 0.304 e. The van der Waals surface area contributed by atoms with Gasteiger partial charge in [0.05, 0.1) is 6.42 Å². The summed E-state index contributed by atoms with van der Waals surface area (Å²) in [7, 11) is 5.90. The van der Waals surface area contributed by atoms with Crippen molar-refractivity contribution in [1.82, 2.24) is 4.81 Å². The van der Waals surface area contributed by atoms with Crippen LogP contribution in [-0.2, 0) is 4.79 Å². The van der Waals surface area contributed by atoms with Crippen LogP contribution in [0.15, 0.2) is 30.3 Å². The maximum atomic E-state index is 10.8. The molecule has 1 aliphatic heterocycles. The second kappa shape index (κ2) is 5.44. The summed E-state index contributed by atoms with van der Waals surface area (Å²) in [6, 6.07) is 10.2. The van der Waals surface area contributed by atoms with Crippen molar-refractivity contribution in [2.24, 2.45) is 0 Å². The van der Waals surface area contributed by atoms with E-state index in [1.54, 1.807) is 4.81 Å². The summed E-state index contributed by atoms with van der Waals surface area (Å²) in [4.78, 5) is 14.7. The Morgan fingerprint density at radius 2 is 2.06 bits per heavy atom. The molecule has 1 aliphatic rings. The fourth-order valence-corrected chi connectivity index (χ4v) is 2.43. The summed E-state index contributed by atoms with van der Waals surface area (Å²) in [6.07, 6.45) is 0.0759. The van der Waals surface area contributed by atoms with Crippen molar-refractivity contribution < 1.29 is 9.90 Å². The Morgan fingerprint density at radius 1 is 1.39 bits per heavy atom. The molecule has 1 N–H and O–H groups in total. The van der Waals surface area contributed by atoms with Crippen molar-refractivity contribution in [3.63, 3.8) is 0 Å². The lowest BCUT2D eigenvalue weighted by Gasteiger charge is -2.45. The molecule has 1 saturated heterocycles. The molecule has 0 saturated carbocycles. The highest BCUT2D eigenvalue weighted by Gasteiger charge is 2.30. The zero-order chi connectivity index (χ0) is 13.1. The highest BCUT2D eigenvalue weighted by Crippen LogP contribution is 2.23. The van der Waals surface area contributed by atoms with Gasteiger partial charge in [-0.25, -0.2) is 0 Å². The summed E-state index contributed by atoms with van der Waals surface area (Å²) >= 11 is 0. The summed E-state index contributed by atoms with van der Waals surface area (Å²) in [5.41, 5.74) is 1.12. The first-order valence-electron chi connectivity index (χ1n) is 6.12. The van der Waals surface area contributed by atoms with Gasteiger partial charge in [-0.1, -0.05) is 18.2 Å². The topological polar surface area (TPSA) is 43.8 Å². The third-order valence-corrected chi connectivity index (χ3v) is 3.38. The molecular weight excluding hydrogens is 227 g/mol. The number of piperazine rings is 1. The second-order valence-corrected chi connectivity index (χ2v) is 4.79. The van der Waals surface area contributed by atoms with Gasteiger partial charge in [0.25, 0.3) is 0 Å². The first-order valence-corrected chi connectivity index (χ1v) is 6.12. The molecule has 94 valence electrons. The third kappa shape index (κ3) is 2.85. The number of nitrogens with zero attached hydrogens (tertiary/aromatic N) is 2. The SMILES string of the molecule is [B]N1C[C@H](C)N(c2ccccc2)C[C@@H]1CC(=O)O. The monoisotopic (exact) mass is 244 g/mol. The van der Waals surface area contributed by atoms with Crippen LogP contribution in [0.2, 0.25) is 0 Å². The zero-order valence-electron chi connectivity index (χ0n) is 10.5. The predicted molar refractivity (Wildman–Crippen MR) is 71.8 cm³/mol. The van der Waals surface area contributed by atoms with E-state index in [-0.39, 0.29) is 18.5 Å². The Bertz CT molecular complexity index is 413. The molecule has 4 nitrogen and oxygen atoms in total. The normalized spacial score (nSPS) is 25.1. The lowest BCUT2D eigenvalue weighted by Crippen LogP contribution is -2.57. The van der Waals surface area contributed by atoms with E-state index < -0.39 is 5.97 Å². The Kier molecular flexibility index (Phi) is 3.92. The van der Waals surface area contributed by atoms with Crippen LogP contribution in [0.5, 0.6) is 0 Å². The van der Waals surface area contributed by atoms with Crippen LogP contribution in [0.3, 0.4) is 0 Å². The van der Waals surface area contributed by atoms with Crippen molar-refractivity contribution in [2.45, 2.75) is 25.4 Å². The van der Waals surface area contributed by atoms with E-state index in [4.69, 9.17) is 13.1 Å². The Morgan fingerprint density at radius 3 is 2.67 bits per heavy atom. The minimum atomic E-state index is -0.807. The van der Waals surface area contributed by atoms with Crippen LogP contribution >= 0.6 is 0 Å². The Labute approximate surface area is 109 Å². The summed E-state index contributed by atoms with van der Waals surface area (Å²) in [5.74, 6) is -0.807. The van der Waals surface area contributed by atoms with Crippen molar-refractivity contribution in [1.29, 1.82) is 0 Å². The van der Waals surface area contributed by atoms with Gasteiger partial charge >= 0.3 is 5.97 Å². The van der Waals surface area contributed by atoms with E-state index >= 15 is 0 Å². The molecular formula is C13H17BN2O2. The second-order valence-electron chi connectivity index (χ2n) is 4.79. The van der Waals surface area contributed by atoms with Gasteiger partial charge in [-0.15, -0.1) is 0 Å². The molecule has 0 aliphatic carbocycles. The average molecular weight is 244 g/mol. The molecule has 2 atom stereocenters. The number of hydrogen-bond donors (Lipinski definition) is 1. The molecule has 1 fully saturated rings. The van der Waals surface area contributed by atoms with Crippen LogP contribution in [0.25, 0.3) is 0 Å². The lowest BCUT2D eigenvalue weighted by molar-refractivity contribution is -0.138. The van der Waals surface area contributed by atoms with Crippen molar-refractivity contribution in [3.8, 4) is 0 Å². The zero-order valence-corrected chi connectivity index (χ0v) is 10.5. The minimum absolute atomic E-state index is 0.0759. The molecule has 0 unspecified atom stereocenters. The number of carboxylic acids is 1. The number of anilines is 1. The molecule has 1 aromatic carbocycles. The van der Waals surface area contributed by atoms with Gasteiger partial charge in [0, 0.05) is 30.9 Å². The van der Waals surface area contributed by atoms with Gasteiger partial charge in [0.2, 0.25) is 0 Å². The molecule has 0 spiro atoms. The average Bonchev–Trinajstić information content (AvgIpc) is 2.33. The third-order valence-electron chi connectivity index (χ3n) is 3.38. The molecule has 0 amide bonds. The van der Waals surface area contributed by atoms with E-state index in [0.29, 0.717) is 13.1 Å². The summed E-state index contributed by atoms with van der Waals surface area (Å²) in [5, 5.41) is 8.91. The fourth-order valence-electron chi connectivity index (χ4n) is 2.43. The maximum absolute atomic E-state index is 10.8. The molecule has 0 bridgehead atoms. The fraction of sp³-hybridized carbons (Fsp3) is 0.462. The number of hydrogen-bond acceptors (Lipinski definition) is 3. The summed E-state index contributed by atoms with van der Waals surface area (Å²) in [6.45, 7) is 3.42. The highest BCUT2D eigenvalue weighted by molar-refractivity contribution is 6.05. The number of para-hydroxylation sites is 1. The van der Waals surface area contributed by atoms with Crippen LogP contribution in [0, 0.1) is 0 Å². The first-order chi connectivity index (χ1) is 8.58. The number of benzene rings is 1. The van der Waals surface area contributed by atoms with Crippen molar-refractivity contribution >= 4 is 19.6 Å². The Balaban J connectivity index is 2.13.